The Balaban J connectivity index is 1.68. The van der Waals surface area contributed by atoms with Crippen LogP contribution in [-0.4, -0.2) is 32.5 Å². The Morgan fingerprint density at radius 3 is 3.09 bits per heavy atom. The molecule has 1 aliphatic rings. The molecule has 1 N–H and O–H groups in total. The van der Waals surface area contributed by atoms with Crippen LogP contribution in [0.5, 0.6) is 0 Å². The summed E-state index contributed by atoms with van der Waals surface area (Å²) in [6.07, 6.45) is 5.84. The molecule has 0 aliphatic carbocycles. The average Bonchev–Trinajstić information content (AvgIpc) is 3.22. The Kier molecular flexibility index (Phi) is 3.95. The third-order valence-corrected chi connectivity index (χ3v) is 3.76. The van der Waals surface area contributed by atoms with E-state index in [-0.39, 0.29) is 11.8 Å². The molecule has 1 atom stereocenters. The quantitative estimate of drug-likeness (QED) is 0.910. The van der Waals surface area contributed by atoms with E-state index >= 15 is 0 Å². The molecule has 3 heterocycles. The van der Waals surface area contributed by atoms with E-state index in [1.165, 1.54) is 0 Å². The molecule has 0 bridgehead atoms. The van der Waals surface area contributed by atoms with E-state index in [0.29, 0.717) is 30.8 Å². The van der Waals surface area contributed by atoms with Crippen LogP contribution in [0.1, 0.15) is 25.5 Å². The average molecular weight is 302 g/mol. The summed E-state index contributed by atoms with van der Waals surface area (Å²) in [7, 11) is 0. The summed E-state index contributed by atoms with van der Waals surface area (Å²) in [6.45, 7) is 3.03. The van der Waals surface area contributed by atoms with Gasteiger partial charge in [-0.05, 0) is 25.5 Å². The maximum Gasteiger partial charge on any atom is 0.247 e. The second-order valence-electron chi connectivity index (χ2n) is 5.23. The Bertz CT molecular complexity index is 662. The number of nitrogens with zero attached hydrogens (tertiary/aromatic N) is 3. The predicted molar refractivity (Wildman–Crippen MR) is 78.8 cm³/mol. The van der Waals surface area contributed by atoms with Crippen LogP contribution in [0.4, 0.5) is 5.69 Å². The van der Waals surface area contributed by atoms with Crippen molar-refractivity contribution in [3.05, 3.63) is 36.5 Å². The summed E-state index contributed by atoms with van der Waals surface area (Å²) in [5, 5.41) is 6.94. The minimum Gasteiger partial charge on any atom is -0.467 e. The maximum atomic E-state index is 12.4. The van der Waals surface area contributed by atoms with E-state index in [2.05, 4.69) is 10.4 Å². The van der Waals surface area contributed by atoms with Gasteiger partial charge in [0.25, 0.3) is 0 Å². The lowest BCUT2D eigenvalue weighted by Gasteiger charge is -2.22. The predicted octanol–water partition coefficient (Wildman–Crippen LogP) is 1.63. The van der Waals surface area contributed by atoms with Crippen LogP contribution >= 0.6 is 0 Å². The Labute approximate surface area is 127 Å². The van der Waals surface area contributed by atoms with Crippen LogP contribution in [0.3, 0.4) is 0 Å². The van der Waals surface area contributed by atoms with Crippen LogP contribution in [0.25, 0.3) is 0 Å². The minimum atomic E-state index is -0.470. The number of likely N-dealkylation sites (tertiary alicyclic amines) is 1. The number of nitrogens with one attached hydrogen (secondary N) is 1. The number of aromatic nitrogens is 2. The van der Waals surface area contributed by atoms with Gasteiger partial charge in [-0.3, -0.25) is 14.3 Å². The molecule has 1 fully saturated rings. The van der Waals surface area contributed by atoms with Gasteiger partial charge >= 0.3 is 0 Å². The Morgan fingerprint density at radius 1 is 1.55 bits per heavy atom. The van der Waals surface area contributed by atoms with Gasteiger partial charge in [0.2, 0.25) is 11.8 Å². The Morgan fingerprint density at radius 2 is 2.41 bits per heavy atom. The normalized spacial score (nSPS) is 18.0. The molecule has 0 saturated carbocycles. The van der Waals surface area contributed by atoms with Crippen molar-refractivity contribution in [2.24, 2.45) is 0 Å². The van der Waals surface area contributed by atoms with E-state index in [0.717, 1.165) is 6.54 Å². The molecule has 2 aromatic rings. The largest absolute Gasteiger partial charge is 0.467 e. The first-order valence-electron chi connectivity index (χ1n) is 7.32. The molecule has 22 heavy (non-hydrogen) atoms. The molecule has 3 rings (SSSR count). The number of carbonyl (C=O) groups excluding carboxylic acids is 2. The topological polar surface area (TPSA) is 80.4 Å². The van der Waals surface area contributed by atoms with E-state index in [4.69, 9.17) is 4.42 Å². The lowest BCUT2D eigenvalue weighted by Crippen LogP contribution is -2.41. The van der Waals surface area contributed by atoms with Crippen molar-refractivity contribution in [1.29, 1.82) is 0 Å². The van der Waals surface area contributed by atoms with E-state index < -0.39 is 6.04 Å². The molecule has 1 saturated heterocycles. The first-order chi connectivity index (χ1) is 10.7. The van der Waals surface area contributed by atoms with Gasteiger partial charge in [-0.1, -0.05) is 0 Å². The van der Waals surface area contributed by atoms with Gasteiger partial charge < -0.3 is 14.6 Å². The monoisotopic (exact) mass is 302 g/mol. The molecule has 2 aromatic heterocycles. The summed E-state index contributed by atoms with van der Waals surface area (Å²) in [4.78, 5) is 26.0. The number of aryl methyl sites for hydroxylation is 1. The highest BCUT2D eigenvalue weighted by Gasteiger charge is 2.36. The standard InChI is InChI=1S/C15H18N4O3/c1-2-18-9-11(8-16-18)17-15(21)13-5-6-14(20)19(13)10-12-4-3-7-22-12/h3-4,7-9,13H,2,5-6,10H2,1H3,(H,17,21). The molecule has 7 nitrogen and oxygen atoms in total. The molecule has 1 aliphatic heterocycles. The number of amides is 2. The minimum absolute atomic E-state index is 0.0270. The highest BCUT2D eigenvalue weighted by Crippen LogP contribution is 2.23. The fourth-order valence-electron chi connectivity index (χ4n) is 2.60. The van der Waals surface area contributed by atoms with Gasteiger partial charge in [-0.2, -0.15) is 5.10 Å². The first kappa shape index (κ1) is 14.4. The summed E-state index contributed by atoms with van der Waals surface area (Å²) < 4.78 is 7.00. The van der Waals surface area contributed by atoms with Crippen molar-refractivity contribution in [1.82, 2.24) is 14.7 Å². The van der Waals surface area contributed by atoms with Crippen molar-refractivity contribution >= 4 is 17.5 Å². The van der Waals surface area contributed by atoms with Crippen molar-refractivity contribution < 1.29 is 14.0 Å². The summed E-state index contributed by atoms with van der Waals surface area (Å²) in [5.41, 5.74) is 0.643. The first-order valence-corrected chi connectivity index (χ1v) is 7.32. The second kappa shape index (κ2) is 6.05. The molecule has 0 radical (unpaired) electrons. The summed E-state index contributed by atoms with van der Waals surface area (Å²) in [5.74, 6) is 0.459. The third-order valence-electron chi connectivity index (χ3n) is 3.76. The van der Waals surface area contributed by atoms with E-state index in [9.17, 15) is 9.59 Å². The van der Waals surface area contributed by atoms with Gasteiger partial charge in [0.15, 0.2) is 0 Å². The molecule has 116 valence electrons. The molecular formula is C15H18N4O3. The zero-order chi connectivity index (χ0) is 15.5. The van der Waals surface area contributed by atoms with Gasteiger partial charge in [0.05, 0.1) is 24.7 Å². The smallest absolute Gasteiger partial charge is 0.247 e. The SMILES string of the molecule is CCn1cc(NC(=O)C2CCC(=O)N2Cc2ccco2)cn1. The number of hydrogen-bond acceptors (Lipinski definition) is 4. The van der Waals surface area contributed by atoms with Crippen LogP contribution in [-0.2, 0) is 22.7 Å². The van der Waals surface area contributed by atoms with Gasteiger partial charge in [-0.15, -0.1) is 0 Å². The molecular weight excluding hydrogens is 284 g/mol. The highest BCUT2D eigenvalue weighted by molar-refractivity contribution is 5.98. The fraction of sp³-hybridized carbons (Fsp3) is 0.400. The van der Waals surface area contributed by atoms with Crippen LogP contribution in [0.15, 0.2) is 35.2 Å². The van der Waals surface area contributed by atoms with Crippen molar-refractivity contribution in [2.45, 2.75) is 38.9 Å². The van der Waals surface area contributed by atoms with Crippen molar-refractivity contribution in [3.63, 3.8) is 0 Å². The lowest BCUT2D eigenvalue weighted by molar-refractivity contribution is -0.134. The molecule has 2 amide bonds. The van der Waals surface area contributed by atoms with Crippen molar-refractivity contribution in [3.8, 4) is 0 Å². The molecule has 7 heteroatoms. The number of furan rings is 1. The molecule has 1 unspecified atom stereocenters. The second-order valence-corrected chi connectivity index (χ2v) is 5.23. The van der Waals surface area contributed by atoms with Crippen LogP contribution < -0.4 is 5.32 Å². The Hall–Kier alpha value is -2.57. The molecule has 0 spiro atoms. The van der Waals surface area contributed by atoms with Crippen LogP contribution in [0, 0.1) is 0 Å². The van der Waals surface area contributed by atoms with Gasteiger partial charge in [0.1, 0.15) is 11.8 Å². The maximum absolute atomic E-state index is 12.4. The number of hydrogen-bond donors (Lipinski definition) is 1. The van der Waals surface area contributed by atoms with Gasteiger partial charge in [0, 0.05) is 19.2 Å². The third kappa shape index (κ3) is 2.88. The zero-order valence-electron chi connectivity index (χ0n) is 12.4. The number of rotatable bonds is 5. The van der Waals surface area contributed by atoms with E-state index in [1.807, 2.05) is 6.92 Å². The summed E-state index contributed by atoms with van der Waals surface area (Å²) >= 11 is 0. The number of anilines is 1. The lowest BCUT2D eigenvalue weighted by atomic mass is 10.2. The van der Waals surface area contributed by atoms with Gasteiger partial charge in [-0.25, -0.2) is 0 Å². The fourth-order valence-corrected chi connectivity index (χ4v) is 2.60. The van der Waals surface area contributed by atoms with Crippen molar-refractivity contribution in [2.75, 3.05) is 5.32 Å². The molecule has 0 aromatic carbocycles. The van der Waals surface area contributed by atoms with Crippen LogP contribution in [0.2, 0.25) is 0 Å². The zero-order valence-corrected chi connectivity index (χ0v) is 12.4. The highest BCUT2D eigenvalue weighted by atomic mass is 16.3. The summed E-state index contributed by atoms with van der Waals surface area (Å²) in [6, 6.07) is 3.10. The van der Waals surface area contributed by atoms with E-state index in [1.54, 1.807) is 40.4 Å². The number of carbonyl (C=O) groups is 2.